The second-order valence-electron chi connectivity index (χ2n) is 8.20. The van der Waals surface area contributed by atoms with Crippen molar-refractivity contribution in [1.29, 1.82) is 0 Å². The van der Waals surface area contributed by atoms with Crippen LogP contribution in [-0.2, 0) is 10.0 Å². The summed E-state index contributed by atoms with van der Waals surface area (Å²) in [4.78, 5) is 17.1. The lowest BCUT2D eigenvalue weighted by atomic mass is 9.72. The second kappa shape index (κ2) is 8.34. The Morgan fingerprint density at radius 1 is 1.32 bits per heavy atom. The zero-order valence-corrected chi connectivity index (χ0v) is 18.4. The number of nitrogens with one attached hydrogen (secondary N) is 1. The van der Waals surface area contributed by atoms with Gasteiger partial charge < -0.3 is 4.74 Å². The van der Waals surface area contributed by atoms with Crippen molar-refractivity contribution in [2.45, 2.75) is 39.4 Å². The zero-order chi connectivity index (χ0) is 22.1. The van der Waals surface area contributed by atoms with Gasteiger partial charge in [-0.25, -0.2) is 22.8 Å². The molecule has 0 atom stereocenters. The number of pyridine rings is 1. The molecule has 31 heavy (non-hydrogen) atoms. The highest BCUT2D eigenvalue weighted by molar-refractivity contribution is 7.94. The molecular formula is C21H24BN4O4S. The zero-order valence-electron chi connectivity index (χ0n) is 17.5. The molecule has 1 aliphatic heterocycles. The molecule has 2 aliphatic rings. The van der Waals surface area contributed by atoms with Gasteiger partial charge in [-0.2, -0.15) is 0 Å². The molecule has 1 N–H and O–H groups in total. The molecule has 161 valence electrons. The first-order valence-corrected chi connectivity index (χ1v) is 11.7. The van der Waals surface area contributed by atoms with Crippen LogP contribution in [0.1, 0.15) is 42.2 Å². The Morgan fingerprint density at radius 2 is 2.13 bits per heavy atom. The summed E-state index contributed by atoms with van der Waals surface area (Å²) >= 11 is 0. The van der Waals surface area contributed by atoms with Gasteiger partial charge in [-0.15, -0.1) is 11.1 Å². The highest BCUT2D eigenvalue weighted by Crippen LogP contribution is 2.47. The number of carbonyl (C=O) groups is 1. The van der Waals surface area contributed by atoms with E-state index in [9.17, 15) is 13.2 Å². The molecule has 0 bridgehead atoms. The predicted octanol–water partition coefficient (Wildman–Crippen LogP) is 2.74. The van der Waals surface area contributed by atoms with E-state index in [1.54, 1.807) is 55.3 Å². The minimum absolute atomic E-state index is 0.144. The fourth-order valence-electron chi connectivity index (χ4n) is 3.23. The van der Waals surface area contributed by atoms with Gasteiger partial charge in [0.1, 0.15) is 7.28 Å². The van der Waals surface area contributed by atoms with Crippen LogP contribution in [-0.4, -0.2) is 43.0 Å². The average molecular weight is 439 g/mol. The molecule has 0 saturated heterocycles. The van der Waals surface area contributed by atoms with E-state index in [0.29, 0.717) is 29.4 Å². The van der Waals surface area contributed by atoms with Crippen LogP contribution in [0.4, 0.5) is 0 Å². The number of nitrogens with zero attached hydrogens (tertiary/aromatic N) is 3. The monoisotopic (exact) mass is 439 g/mol. The molecule has 1 aliphatic carbocycles. The highest BCUT2D eigenvalue weighted by Gasteiger charge is 2.36. The standard InChI is InChI=1S/C21H24BN4O4S/c1-15-17(20(27)25-31(28,29)16-4-3-11-22-14-16)5-6-18(23-15)26-12-7-19(24-26)30-13-10-21(2)8-9-21/h3-7,11-12H,8-10,13-14H2,1-2H3,(H,25,27). The summed E-state index contributed by atoms with van der Waals surface area (Å²) in [5.74, 6) is 2.07. The van der Waals surface area contributed by atoms with Crippen molar-refractivity contribution >= 4 is 23.2 Å². The molecule has 1 amide bonds. The first kappa shape index (κ1) is 21.4. The smallest absolute Gasteiger partial charge is 0.266 e. The van der Waals surface area contributed by atoms with Crippen LogP contribution in [0.2, 0.25) is 6.32 Å². The van der Waals surface area contributed by atoms with E-state index in [1.807, 2.05) is 0 Å². The Labute approximate surface area is 182 Å². The molecule has 0 unspecified atom stereocenters. The van der Waals surface area contributed by atoms with Gasteiger partial charge >= 0.3 is 0 Å². The minimum Gasteiger partial charge on any atom is -0.477 e. The number of sulfonamides is 1. The van der Waals surface area contributed by atoms with Gasteiger partial charge in [0.25, 0.3) is 15.9 Å². The fourth-order valence-corrected chi connectivity index (χ4v) is 4.29. The maximum Gasteiger partial charge on any atom is 0.266 e. The van der Waals surface area contributed by atoms with E-state index in [-0.39, 0.29) is 16.8 Å². The third kappa shape index (κ3) is 5.07. The Kier molecular flexibility index (Phi) is 5.74. The summed E-state index contributed by atoms with van der Waals surface area (Å²) < 4.78 is 34.2. The molecule has 1 radical (unpaired) electrons. The minimum atomic E-state index is -3.90. The van der Waals surface area contributed by atoms with Gasteiger partial charge in [0.05, 0.1) is 22.8 Å². The van der Waals surface area contributed by atoms with Crippen molar-refractivity contribution < 1.29 is 17.9 Å². The average Bonchev–Trinajstić information content (AvgIpc) is 3.28. The Hall–Kier alpha value is -2.88. The van der Waals surface area contributed by atoms with Crippen LogP contribution in [0.25, 0.3) is 5.82 Å². The number of aromatic nitrogens is 3. The van der Waals surface area contributed by atoms with E-state index >= 15 is 0 Å². The quantitative estimate of drug-likeness (QED) is 0.635. The summed E-state index contributed by atoms with van der Waals surface area (Å²) in [6, 6.07) is 4.93. The number of carbonyl (C=O) groups excluding carboxylic acids is 1. The lowest BCUT2D eigenvalue weighted by Crippen LogP contribution is -2.32. The van der Waals surface area contributed by atoms with E-state index in [1.165, 1.54) is 18.9 Å². The molecule has 2 aromatic heterocycles. The van der Waals surface area contributed by atoms with Gasteiger partial charge in [0.15, 0.2) is 5.82 Å². The summed E-state index contributed by atoms with van der Waals surface area (Å²) in [5, 5.41) is 4.37. The maximum atomic E-state index is 12.6. The van der Waals surface area contributed by atoms with Gasteiger partial charge in [-0.3, -0.25) is 4.79 Å². The van der Waals surface area contributed by atoms with Gasteiger partial charge in [-0.05, 0) is 56.1 Å². The fraction of sp³-hybridized carbons (Fsp3) is 0.381. The highest BCUT2D eigenvalue weighted by atomic mass is 32.2. The molecule has 10 heteroatoms. The Morgan fingerprint density at radius 3 is 2.81 bits per heavy atom. The number of rotatable bonds is 8. The third-order valence-electron chi connectivity index (χ3n) is 5.59. The normalized spacial score (nSPS) is 16.9. The van der Waals surface area contributed by atoms with Crippen molar-refractivity contribution in [2.24, 2.45) is 5.41 Å². The van der Waals surface area contributed by atoms with Crippen molar-refractivity contribution in [3.63, 3.8) is 0 Å². The van der Waals surface area contributed by atoms with Crippen molar-refractivity contribution in [1.82, 2.24) is 19.5 Å². The van der Waals surface area contributed by atoms with Gasteiger partial charge in [-0.1, -0.05) is 13.0 Å². The predicted molar refractivity (Wildman–Crippen MR) is 118 cm³/mol. The van der Waals surface area contributed by atoms with Crippen LogP contribution >= 0.6 is 0 Å². The number of amides is 1. The first-order valence-electron chi connectivity index (χ1n) is 10.2. The summed E-state index contributed by atoms with van der Waals surface area (Å²) in [6.45, 7) is 4.53. The molecule has 2 aromatic rings. The molecule has 1 fully saturated rings. The van der Waals surface area contributed by atoms with Crippen molar-refractivity contribution in [3.05, 3.63) is 58.7 Å². The topological polar surface area (TPSA) is 103 Å². The van der Waals surface area contributed by atoms with Crippen LogP contribution in [0.3, 0.4) is 0 Å². The largest absolute Gasteiger partial charge is 0.477 e. The number of hydrogen-bond donors (Lipinski definition) is 1. The Balaban J connectivity index is 1.42. The summed E-state index contributed by atoms with van der Waals surface area (Å²) in [7, 11) is -2.19. The van der Waals surface area contributed by atoms with Gasteiger partial charge in [0, 0.05) is 12.3 Å². The first-order chi connectivity index (χ1) is 14.8. The van der Waals surface area contributed by atoms with Gasteiger partial charge in [0.2, 0.25) is 5.88 Å². The summed E-state index contributed by atoms with van der Waals surface area (Å²) in [6.07, 6.45) is 8.60. The SMILES string of the molecule is Cc1nc(-n2ccc(OCCC3(C)CC3)n2)ccc1C(=O)NS(=O)(=O)C1=CC=C[B]C1. The molecule has 0 aromatic carbocycles. The van der Waals surface area contributed by atoms with Crippen LogP contribution < -0.4 is 9.46 Å². The van der Waals surface area contributed by atoms with E-state index in [0.717, 1.165) is 6.42 Å². The number of allylic oxidation sites excluding steroid dienone is 3. The van der Waals surface area contributed by atoms with E-state index in [2.05, 4.69) is 21.7 Å². The number of hydrogen-bond acceptors (Lipinski definition) is 6. The van der Waals surface area contributed by atoms with E-state index in [4.69, 9.17) is 4.74 Å². The summed E-state index contributed by atoms with van der Waals surface area (Å²) in [5.41, 5.74) is 1.01. The third-order valence-corrected chi connectivity index (χ3v) is 7.04. The second-order valence-corrected chi connectivity index (χ2v) is 9.94. The van der Waals surface area contributed by atoms with Crippen LogP contribution in [0, 0.1) is 12.3 Å². The lowest BCUT2D eigenvalue weighted by molar-refractivity contribution is 0.0980. The maximum absolute atomic E-state index is 12.6. The van der Waals surface area contributed by atoms with E-state index < -0.39 is 15.9 Å². The number of aryl methyl sites for hydroxylation is 1. The van der Waals surface area contributed by atoms with Crippen molar-refractivity contribution in [2.75, 3.05) is 6.61 Å². The van der Waals surface area contributed by atoms with Crippen molar-refractivity contribution in [3.8, 4) is 11.7 Å². The van der Waals surface area contributed by atoms with Crippen LogP contribution in [0.15, 0.2) is 47.4 Å². The molecule has 3 heterocycles. The number of ether oxygens (including phenoxy) is 1. The molecule has 1 saturated carbocycles. The Bertz CT molecular complexity index is 1170. The lowest BCUT2D eigenvalue weighted by Gasteiger charge is -2.12. The molecule has 4 rings (SSSR count). The molecule has 0 spiro atoms. The van der Waals surface area contributed by atoms with Crippen LogP contribution in [0.5, 0.6) is 5.88 Å². The molecular weight excluding hydrogens is 415 g/mol. The molecule has 8 nitrogen and oxygen atoms in total.